The number of ether oxygens (including phenoxy) is 2. The first kappa shape index (κ1) is 28.7. The van der Waals surface area contributed by atoms with Crippen molar-refractivity contribution >= 4 is 40.9 Å². The lowest BCUT2D eigenvalue weighted by atomic mass is 10.2. The predicted molar refractivity (Wildman–Crippen MR) is 141 cm³/mol. The molecule has 3 N–H and O–H groups in total. The number of nitrogens with zero attached hydrogens (tertiary/aromatic N) is 3. The highest BCUT2D eigenvalue weighted by Gasteiger charge is 2.29. The van der Waals surface area contributed by atoms with Crippen LogP contribution in [0.25, 0.3) is 0 Å². The summed E-state index contributed by atoms with van der Waals surface area (Å²) in [5.41, 5.74) is 0.410. The van der Waals surface area contributed by atoms with Crippen molar-refractivity contribution in [1.82, 2.24) is 0 Å². The van der Waals surface area contributed by atoms with E-state index in [2.05, 4.69) is 15.6 Å². The van der Waals surface area contributed by atoms with Gasteiger partial charge in [0.2, 0.25) is 18.0 Å². The molecular formula is C25H30N6O8+2. The lowest BCUT2D eigenvalue weighted by Crippen LogP contribution is -2.63. The van der Waals surface area contributed by atoms with Crippen LogP contribution in [0.5, 0.6) is 11.5 Å². The minimum absolute atomic E-state index is 0.145. The van der Waals surface area contributed by atoms with E-state index in [1.807, 2.05) is 18.7 Å². The second kappa shape index (κ2) is 13.1. The Hall–Kier alpha value is -4.85. The molecule has 1 heterocycles. The normalized spacial score (nSPS) is 13.1. The van der Waals surface area contributed by atoms with Gasteiger partial charge in [0.25, 0.3) is 11.4 Å². The summed E-state index contributed by atoms with van der Waals surface area (Å²) in [7, 11) is 0. The molecule has 0 unspecified atom stereocenters. The Labute approximate surface area is 223 Å². The molecule has 2 aromatic carbocycles. The Bertz CT molecular complexity index is 1210. The van der Waals surface area contributed by atoms with Gasteiger partial charge in [-0.3, -0.25) is 29.8 Å². The predicted octanol–water partition coefficient (Wildman–Crippen LogP) is 2.07. The molecule has 14 heteroatoms. The van der Waals surface area contributed by atoms with E-state index in [0.717, 1.165) is 0 Å². The Morgan fingerprint density at radius 1 is 0.846 bits per heavy atom. The van der Waals surface area contributed by atoms with Crippen LogP contribution in [-0.4, -0.2) is 58.8 Å². The number of nitro benzene ring substituents is 2. The summed E-state index contributed by atoms with van der Waals surface area (Å²) in [5.74, 6) is -0.217. The number of benzene rings is 2. The lowest BCUT2D eigenvalue weighted by molar-refractivity contribution is -0.789. The van der Waals surface area contributed by atoms with Gasteiger partial charge >= 0.3 is 6.34 Å². The molecule has 3 rings (SSSR count). The zero-order valence-electron chi connectivity index (χ0n) is 21.5. The summed E-state index contributed by atoms with van der Waals surface area (Å²) in [4.78, 5) is 47.2. The van der Waals surface area contributed by atoms with Crippen LogP contribution in [0.15, 0.2) is 48.8 Å². The first-order chi connectivity index (χ1) is 18.6. The van der Waals surface area contributed by atoms with Gasteiger partial charge in [0, 0.05) is 38.8 Å². The molecule has 0 spiro atoms. The first-order valence-electron chi connectivity index (χ1n) is 12.1. The van der Waals surface area contributed by atoms with Crippen LogP contribution in [0.3, 0.4) is 0 Å². The number of quaternary nitrogens is 1. The maximum atomic E-state index is 11.5. The minimum Gasteiger partial charge on any atom is -0.491 e. The van der Waals surface area contributed by atoms with Crippen molar-refractivity contribution in [3.8, 4) is 11.5 Å². The third kappa shape index (κ3) is 8.33. The Morgan fingerprint density at radius 3 is 1.67 bits per heavy atom. The van der Waals surface area contributed by atoms with Crippen LogP contribution in [0, 0.1) is 20.2 Å². The van der Waals surface area contributed by atoms with Crippen molar-refractivity contribution in [3.05, 3.63) is 69.0 Å². The Morgan fingerprint density at radius 2 is 1.31 bits per heavy atom. The number of non-ortho nitro benzene ring substituents is 2. The fourth-order valence-electron chi connectivity index (χ4n) is 3.97. The molecule has 0 atom stereocenters. The van der Waals surface area contributed by atoms with E-state index >= 15 is 0 Å². The number of nitrogens with one attached hydrogen (secondary N) is 3. The van der Waals surface area contributed by atoms with Crippen molar-refractivity contribution < 1.29 is 38.4 Å². The molecule has 0 saturated carbocycles. The average Bonchev–Trinajstić information content (AvgIpc) is 3.34. The van der Waals surface area contributed by atoms with Gasteiger partial charge in [-0.2, -0.15) is 4.99 Å². The third-order valence-electron chi connectivity index (χ3n) is 5.73. The molecule has 1 aliphatic heterocycles. The van der Waals surface area contributed by atoms with Crippen LogP contribution in [0.4, 0.5) is 22.7 Å². The molecule has 2 aromatic rings. The molecule has 14 nitrogen and oxygen atoms in total. The van der Waals surface area contributed by atoms with Gasteiger partial charge in [0.15, 0.2) is 6.20 Å². The number of carbonyl (C=O) groups is 2. The highest BCUT2D eigenvalue weighted by molar-refractivity contribution is 5.91. The van der Waals surface area contributed by atoms with E-state index < -0.39 is 9.85 Å². The van der Waals surface area contributed by atoms with Crippen LogP contribution >= 0.6 is 0 Å². The van der Waals surface area contributed by atoms with Gasteiger partial charge in [-0.1, -0.05) is 0 Å². The van der Waals surface area contributed by atoms with Crippen molar-refractivity contribution in [2.24, 2.45) is 0 Å². The van der Waals surface area contributed by atoms with Gasteiger partial charge in [-0.25, -0.2) is 4.48 Å². The van der Waals surface area contributed by atoms with E-state index in [4.69, 9.17) is 9.47 Å². The van der Waals surface area contributed by atoms with Gasteiger partial charge in [0.05, 0.1) is 59.7 Å². The standard InChI is InChI=1S/C25H28N6O8/c1-18(32)27-22-7-5-20(29(34)35)15-24(22)38-13-3-10-31(12-9-26-17-31)11-4-14-39-25-16-21(30(36)37)6-8-23(25)28-19(2)33/h5-9,12,15-17H,3-4,10-11,13-14H2,1-2H3,(H-,27,28,32,33)/p+2. The van der Waals surface area contributed by atoms with E-state index in [-0.39, 0.29) is 47.9 Å². The van der Waals surface area contributed by atoms with Crippen LogP contribution in [0.1, 0.15) is 26.7 Å². The maximum Gasteiger partial charge on any atom is 0.335 e. The molecule has 0 aromatic heterocycles. The zero-order valence-corrected chi connectivity index (χ0v) is 21.5. The van der Waals surface area contributed by atoms with Crippen molar-refractivity contribution in [1.29, 1.82) is 0 Å². The van der Waals surface area contributed by atoms with Crippen molar-refractivity contribution in [2.75, 3.05) is 36.9 Å². The SMILES string of the molecule is CC(=O)Nc1ccc([N+](=O)[O-])cc1OCCC[N+]1(CCCOc2cc([N+](=O)[O-])ccc2NC(C)=O)C=C[NH+]=C1. The summed E-state index contributed by atoms with van der Waals surface area (Å²) in [6.07, 6.45) is 6.87. The second-order valence-electron chi connectivity index (χ2n) is 8.80. The maximum absolute atomic E-state index is 11.5. The minimum atomic E-state index is -0.533. The second-order valence-corrected chi connectivity index (χ2v) is 8.80. The molecule has 39 heavy (non-hydrogen) atoms. The van der Waals surface area contributed by atoms with Gasteiger partial charge in [-0.15, -0.1) is 0 Å². The molecule has 1 aliphatic rings. The largest absolute Gasteiger partial charge is 0.491 e. The number of hydrogen-bond acceptors (Lipinski definition) is 8. The number of amides is 2. The lowest BCUT2D eigenvalue weighted by Gasteiger charge is -2.24. The summed E-state index contributed by atoms with van der Waals surface area (Å²) in [6.45, 7) is 4.46. The number of hydrogen-bond donors (Lipinski definition) is 3. The molecule has 0 saturated heterocycles. The van der Waals surface area contributed by atoms with E-state index in [9.17, 15) is 29.8 Å². The quantitative estimate of drug-likeness (QED) is 0.141. The van der Waals surface area contributed by atoms with Crippen molar-refractivity contribution in [2.45, 2.75) is 26.7 Å². The summed E-state index contributed by atoms with van der Waals surface area (Å²) < 4.78 is 12.0. The van der Waals surface area contributed by atoms with Crippen LogP contribution < -0.4 is 25.1 Å². The van der Waals surface area contributed by atoms with Crippen LogP contribution in [-0.2, 0) is 9.59 Å². The molecular weight excluding hydrogens is 512 g/mol. The molecule has 0 bridgehead atoms. The number of carbonyl (C=O) groups excluding carboxylic acids is 2. The average molecular weight is 543 g/mol. The monoisotopic (exact) mass is 542 g/mol. The molecule has 0 radical (unpaired) electrons. The fourth-order valence-corrected chi connectivity index (χ4v) is 3.97. The van der Waals surface area contributed by atoms with E-state index in [1.54, 1.807) is 0 Å². The Balaban J connectivity index is 1.56. The zero-order chi connectivity index (χ0) is 28.4. The van der Waals surface area contributed by atoms with E-state index in [0.29, 0.717) is 41.8 Å². The van der Waals surface area contributed by atoms with E-state index in [1.165, 1.54) is 50.2 Å². The molecule has 0 fully saturated rings. The highest BCUT2D eigenvalue weighted by Crippen LogP contribution is 2.31. The van der Waals surface area contributed by atoms with Crippen LogP contribution in [0.2, 0.25) is 0 Å². The molecule has 0 aliphatic carbocycles. The third-order valence-corrected chi connectivity index (χ3v) is 5.73. The van der Waals surface area contributed by atoms with Gasteiger partial charge in [0.1, 0.15) is 11.5 Å². The molecule has 2 amide bonds. The first-order valence-corrected chi connectivity index (χ1v) is 12.1. The number of rotatable bonds is 14. The summed E-state index contributed by atoms with van der Waals surface area (Å²) in [6, 6.07) is 8.01. The molecule has 206 valence electrons. The van der Waals surface area contributed by atoms with Gasteiger partial charge < -0.3 is 20.1 Å². The van der Waals surface area contributed by atoms with Gasteiger partial charge in [-0.05, 0) is 12.1 Å². The van der Waals surface area contributed by atoms with Crippen molar-refractivity contribution in [3.63, 3.8) is 0 Å². The summed E-state index contributed by atoms with van der Waals surface area (Å²) >= 11 is 0. The Kier molecular flexibility index (Phi) is 9.64. The topological polar surface area (TPSA) is 177 Å². The highest BCUT2D eigenvalue weighted by atomic mass is 16.6. The summed E-state index contributed by atoms with van der Waals surface area (Å²) in [5, 5.41) is 27.5. The number of anilines is 2. The fraction of sp³-hybridized carbons (Fsp3) is 0.320. The smallest absolute Gasteiger partial charge is 0.335 e. The number of nitro groups is 2.